The third-order valence-corrected chi connectivity index (χ3v) is 6.85. The Kier molecular flexibility index (Phi) is 9.22. The lowest BCUT2D eigenvalue weighted by molar-refractivity contribution is -0.154. The van der Waals surface area contributed by atoms with E-state index in [-0.39, 0.29) is 43.5 Å². The maximum atomic E-state index is 13.8. The Morgan fingerprint density at radius 3 is 2.40 bits per heavy atom. The number of amides is 1. The fourth-order valence-electron chi connectivity index (χ4n) is 4.81. The normalized spacial score (nSPS) is 21.7. The van der Waals surface area contributed by atoms with Gasteiger partial charge in [-0.05, 0) is 62.1 Å². The van der Waals surface area contributed by atoms with Gasteiger partial charge in [-0.15, -0.1) is 0 Å². The molecule has 0 radical (unpaired) electrons. The van der Waals surface area contributed by atoms with Crippen molar-refractivity contribution in [2.75, 3.05) is 13.2 Å². The molecule has 8 heteroatoms. The quantitative estimate of drug-likeness (QED) is 0.418. The van der Waals surface area contributed by atoms with E-state index in [0.29, 0.717) is 22.9 Å². The molecule has 35 heavy (non-hydrogen) atoms. The van der Waals surface area contributed by atoms with E-state index in [1.54, 1.807) is 36.9 Å². The van der Waals surface area contributed by atoms with E-state index in [9.17, 15) is 19.8 Å². The molecule has 0 saturated carbocycles. The molecule has 1 saturated heterocycles. The highest BCUT2D eigenvalue weighted by Gasteiger charge is 2.46. The third kappa shape index (κ3) is 7.20. The number of rotatable bonds is 10. The van der Waals surface area contributed by atoms with Gasteiger partial charge in [0.15, 0.2) is 0 Å². The summed E-state index contributed by atoms with van der Waals surface area (Å²) in [5, 5.41) is 20.8. The summed E-state index contributed by atoms with van der Waals surface area (Å²) in [5.41, 5.74) is 0.842. The summed E-state index contributed by atoms with van der Waals surface area (Å²) in [4.78, 5) is 27.3. The molecular formula is C27H33Cl2NO5. The van der Waals surface area contributed by atoms with Gasteiger partial charge >= 0.3 is 5.97 Å². The molecule has 1 unspecified atom stereocenters. The fourth-order valence-corrected chi connectivity index (χ4v) is 5.14. The zero-order chi connectivity index (χ0) is 25.8. The van der Waals surface area contributed by atoms with Gasteiger partial charge in [-0.3, -0.25) is 9.59 Å². The van der Waals surface area contributed by atoms with Crippen LogP contribution in [0, 0.1) is 5.92 Å². The monoisotopic (exact) mass is 521 g/mol. The van der Waals surface area contributed by atoms with Crippen LogP contribution in [0.25, 0.3) is 0 Å². The van der Waals surface area contributed by atoms with Gasteiger partial charge in [-0.25, -0.2) is 0 Å². The van der Waals surface area contributed by atoms with Crippen molar-refractivity contribution in [3.63, 3.8) is 0 Å². The second kappa shape index (κ2) is 11.7. The van der Waals surface area contributed by atoms with Crippen LogP contribution in [0.4, 0.5) is 0 Å². The highest BCUT2D eigenvalue weighted by atomic mass is 35.5. The first-order valence-corrected chi connectivity index (χ1v) is 12.6. The van der Waals surface area contributed by atoms with Crippen LogP contribution in [0.5, 0.6) is 0 Å². The van der Waals surface area contributed by atoms with E-state index in [4.69, 9.17) is 27.9 Å². The lowest BCUT2D eigenvalue weighted by atomic mass is 9.74. The number of ether oxygens (including phenoxy) is 1. The van der Waals surface area contributed by atoms with Gasteiger partial charge < -0.3 is 19.8 Å². The number of likely N-dealkylation sites (tertiary alicyclic amines) is 1. The third-order valence-electron chi connectivity index (χ3n) is 6.36. The molecule has 0 aromatic heterocycles. The smallest absolute Gasteiger partial charge is 0.304 e. The molecule has 2 N–H and O–H groups in total. The first kappa shape index (κ1) is 27.5. The Balaban J connectivity index is 2.09. The van der Waals surface area contributed by atoms with Crippen LogP contribution in [-0.4, -0.2) is 51.8 Å². The molecule has 0 aliphatic carbocycles. The summed E-state index contributed by atoms with van der Waals surface area (Å²) < 4.78 is 5.83. The highest BCUT2D eigenvalue weighted by Crippen LogP contribution is 2.47. The van der Waals surface area contributed by atoms with E-state index in [0.717, 1.165) is 11.1 Å². The Hall–Kier alpha value is -2.12. The van der Waals surface area contributed by atoms with Gasteiger partial charge in [0.2, 0.25) is 5.91 Å². The number of nitrogens with zero attached hydrogens (tertiary/aromatic N) is 1. The Morgan fingerprint density at radius 2 is 1.83 bits per heavy atom. The Labute approximate surface area is 216 Å². The van der Waals surface area contributed by atoms with Crippen LogP contribution >= 0.6 is 23.2 Å². The predicted octanol–water partition coefficient (Wildman–Crippen LogP) is 5.71. The number of carboxylic acids is 1. The van der Waals surface area contributed by atoms with Crippen molar-refractivity contribution in [3.8, 4) is 0 Å². The molecule has 6 nitrogen and oxygen atoms in total. The second-order valence-electron chi connectivity index (χ2n) is 9.82. The molecule has 1 aliphatic rings. The SMILES string of the molecule is CC[C@@H](COCC(C)(C)O)N1C(=O)[C@H](CC(=O)O)CC(c2cccc(Cl)c2)[C@H]1c1ccc(Cl)cc1. The largest absolute Gasteiger partial charge is 0.481 e. The maximum absolute atomic E-state index is 13.8. The second-order valence-corrected chi connectivity index (χ2v) is 10.7. The van der Waals surface area contributed by atoms with Crippen LogP contribution in [0.1, 0.15) is 63.1 Å². The Bertz CT molecular complexity index is 1020. The number of halogens is 2. The van der Waals surface area contributed by atoms with Crippen LogP contribution in [0.15, 0.2) is 48.5 Å². The molecule has 1 fully saturated rings. The minimum absolute atomic E-state index is 0.118. The molecule has 4 atom stereocenters. The summed E-state index contributed by atoms with van der Waals surface area (Å²) in [7, 11) is 0. The number of aliphatic carboxylic acids is 1. The zero-order valence-electron chi connectivity index (χ0n) is 20.3. The first-order valence-electron chi connectivity index (χ1n) is 11.8. The number of carboxylic acid groups (broad SMARTS) is 1. The highest BCUT2D eigenvalue weighted by molar-refractivity contribution is 6.30. The van der Waals surface area contributed by atoms with E-state index in [1.165, 1.54) is 0 Å². The van der Waals surface area contributed by atoms with Crippen LogP contribution in [-0.2, 0) is 14.3 Å². The molecule has 0 spiro atoms. The minimum Gasteiger partial charge on any atom is -0.481 e. The Morgan fingerprint density at radius 1 is 1.14 bits per heavy atom. The maximum Gasteiger partial charge on any atom is 0.304 e. The van der Waals surface area contributed by atoms with E-state index >= 15 is 0 Å². The predicted molar refractivity (Wildman–Crippen MR) is 137 cm³/mol. The van der Waals surface area contributed by atoms with Gasteiger partial charge in [-0.2, -0.15) is 0 Å². The van der Waals surface area contributed by atoms with E-state index in [2.05, 4.69) is 0 Å². The molecule has 1 amide bonds. The van der Waals surface area contributed by atoms with Crippen molar-refractivity contribution >= 4 is 35.1 Å². The summed E-state index contributed by atoms with van der Waals surface area (Å²) in [6, 6.07) is 14.2. The number of aliphatic hydroxyl groups is 1. The van der Waals surface area contributed by atoms with Crippen LogP contribution < -0.4 is 0 Å². The van der Waals surface area contributed by atoms with Gasteiger partial charge in [0, 0.05) is 21.9 Å². The van der Waals surface area contributed by atoms with Crippen molar-refractivity contribution in [1.82, 2.24) is 4.90 Å². The van der Waals surface area contributed by atoms with Crippen molar-refractivity contribution in [3.05, 3.63) is 69.7 Å². The average Bonchev–Trinajstić information content (AvgIpc) is 2.78. The molecule has 3 rings (SSSR count). The summed E-state index contributed by atoms with van der Waals surface area (Å²) in [6.45, 7) is 5.63. The van der Waals surface area contributed by atoms with Gasteiger partial charge in [0.25, 0.3) is 0 Å². The molecule has 1 aliphatic heterocycles. The van der Waals surface area contributed by atoms with Gasteiger partial charge in [-0.1, -0.05) is 54.4 Å². The first-order chi connectivity index (χ1) is 16.5. The number of benzene rings is 2. The standard InChI is InChI=1S/C27H33Cl2NO5/c1-4-22(15-35-16-27(2,3)34)30-25(17-8-10-20(28)11-9-17)23(18-6-5-7-21(29)12-18)13-19(26(30)33)14-24(31)32/h5-12,19,22-23,25,34H,4,13-16H2,1-3H3,(H,31,32)/t19-,22-,23?,25+/m0/s1. The van der Waals surface area contributed by atoms with Crippen molar-refractivity contribution < 1.29 is 24.5 Å². The fraction of sp³-hybridized carbons (Fsp3) is 0.481. The zero-order valence-corrected chi connectivity index (χ0v) is 21.8. The number of carbonyl (C=O) groups excluding carboxylic acids is 1. The topological polar surface area (TPSA) is 87.1 Å². The molecule has 1 heterocycles. The number of piperidine rings is 1. The van der Waals surface area contributed by atoms with E-state index in [1.807, 2.05) is 37.3 Å². The summed E-state index contributed by atoms with van der Waals surface area (Å²) >= 11 is 12.5. The lowest BCUT2D eigenvalue weighted by Gasteiger charge is -2.48. The van der Waals surface area contributed by atoms with Crippen molar-refractivity contribution in [1.29, 1.82) is 0 Å². The molecule has 0 bridgehead atoms. The minimum atomic E-state index is -1.01. The summed E-state index contributed by atoms with van der Waals surface area (Å²) in [6.07, 6.45) is 0.737. The molecule has 2 aromatic rings. The summed E-state index contributed by atoms with van der Waals surface area (Å²) in [5.74, 6) is -2.07. The average molecular weight is 522 g/mol. The van der Waals surface area contributed by atoms with Crippen LogP contribution in [0.2, 0.25) is 10.0 Å². The molecule has 190 valence electrons. The van der Waals surface area contributed by atoms with Gasteiger partial charge in [0.1, 0.15) is 0 Å². The number of hydrogen-bond acceptors (Lipinski definition) is 4. The number of hydrogen-bond donors (Lipinski definition) is 2. The molecular weight excluding hydrogens is 489 g/mol. The number of carbonyl (C=O) groups is 2. The lowest BCUT2D eigenvalue weighted by Crippen LogP contribution is -2.53. The van der Waals surface area contributed by atoms with Gasteiger partial charge in [0.05, 0.1) is 37.3 Å². The van der Waals surface area contributed by atoms with E-state index < -0.39 is 17.5 Å². The van der Waals surface area contributed by atoms with Crippen molar-refractivity contribution in [2.24, 2.45) is 5.92 Å². The van der Waals surface area contributed by atoms with Crippen molar-refractivity contribution in [2.45, 2.75) is 63.6 Å². The van der Waals surface area contributed by atoms with Crippen LogP contribution in [0.3, 0.4) is 0 Å². The molecule has 2 aromatic carbocycles.